The molecule has 2 aromatic rings. The van der Waals surface area contributed by atoms with Gasteiger partial charge in [-0.3, -0.25) is 14.5 Å². The summed E-state index contributed by atoms with van der Waals surface area (Å²) in [5.41, 5.74) is -0.127. The predicted octanol–water partition coefficient (Wildman–Crippen LogP) is 5.02. The lowest BCUT2D eigenvalue weighted by molar-refractivity contribution is -0.137. The predicted molar refractivity (Wildman–Crippen MR) is 111 cm³/mol. The third-order valence-electron chi connectivity index (χ3n) is 4.30. The summed E-state index contributed by atoms with van der Waals surface area (Å²) in [5.74, 6) is -0.753. The average Bonchev–Trinajstić information content (AvgIpc) is 2.68. The van der Waals surface area contributed by atoms with Gasteiger partial charge in [-0.25, -0.2) is 0 Å². The fourth-order valence-corrected chi connectivity index (χ4v) is 3.02. The number of alkyl halides is 3. The SMILES string of the molecule is CCCN(CCC)CC(=O)Nc1cccc(C(=O)Nc2cccc(C(F)(F)F)c2)c1. The van der Waals surface area contributed by atoms with Crippen LogP contribution in [0.15, 0.2) is 48.5 Å². The van der Waals surface area contributed by atoms with E-state index < -0.39 is 17.6 Å². The van der Waals surface area contributed by atoms with E-state index in [4.69, 9.17) is 0 Å². The number of nitrogens with zero attached hydrogens (tertiary/aromatic N) is 1. The molecule has 0 saturated heterocycles. The summed E-state index contributed by atoms with van der Waals surface area (Å²) in [6, 6.07) is 10.7. The van der Waals surface area contributed by atoms with E-state index >= 15 is 0 Å². The van der Waals surface area contributed by atoms with Crippen LogP contribution in [-0.4, -0.2) is 36.3 Å². The summed E-state index contributed by atoms with van der Waals surface area (Å²) in [6.45, 7) is 5.99. The first-order chi connectivity index (χ1) is 14.2. The second-order valence-electron chi connectivity index (χ2n) is 6.94. The molecule has 2 amide bonds. The monoisotopic (exact) mass is 421 g/mol. The number of amides is 2. The van der Waals surface area contributed by atoms with Crippen LogP contribution >= 0.6 is 0 Å². The van der Waals surface area contributed by atoms with E-state index in [1.165, 1.54) is 24.3 Å². The van der Waals surface area contributed by atoms with Crippen LogP contribution in [-0.2, 0) is 11.0 Å². The van der Waals surface area contributed by atoms with Gasteiger partial charge in [0, 0.05) is 16.9 Å². The fraction of sp³-hybridized carbons (Fsp3) is 0.364. The Kier molecular flexibility index (Phi) is 8.41. The van der Waals surface area contributed by atoms with Crippen LogP contribution in [0.5, 0.6) is 0 Å². The van der Waals surface area contributed by atoms with E-state index in [-0.39, 0.29) is 23.7 Å². The molecular formula is C22H26F3N3O2. The van der Waals surface area contributed by atoms with Crippen LogP contribution < -0.4 is 10.6 Å². The molecule has 2 N–H and O–H groups in total. The Balaban J connectivity index is 2.04. The van der Waals surface area contributed by atoms with Crippen LogP contribution in [0.1, 0.15) is 42.6 Å². The highest BCUT2D eigenvalue weighted by Gasteiger charge is 2.30. The average molecular weight is 421 g/mol. The van der Waals surface area contributed by atoms with Crippen molar-refractivity contribution in [2.75, 3.05) is 30.3 Å². The first-order valence-electron chi connectivity index (χ1n) is 9.83. The largest absolute Gasteiger partial charge is 0.416 e. The van der Waals surface area contributed by atoms with Crippen molar-refractivity contribution in [3.8, 4) is 0 Å². The van der Waals surface area contributed by atoms with Gasteiger partial charge in [0.15, 0.2) is 0 Å². The zero-order valence-corrected chi connectivity index (χ0v) is 17.1. The second-order valence-corrected chi connectivity index (χ2v) is 6.94. The van der Waals surface area contributed by atoms with E-state index in [0.29, 0.717) is 5.69 Å². The molecular weight excluding hydrogens is 395 g/mol. The smallest absolute Gasteiger partial charge is 0.325 e. The van der Waals surface area contributed by atoms with E-state index in [2.05, 4.69) is 15.5 Å². The number of nitrogens with one attached hydrogen (secondary N) is 2. The Morgan fingerprint density at radius 2 is 1.50 bits per heavy atom. The van der Waals surface area contributed by atoms with Crippen molar-refractivity contribution in [2.45, 2.75) is 32.9 Å². The molecule has 0 unspecified atom stereocenters. The maximum atomic E-state index is 12.8. The third-order valence-corrected chi connectivity index (χ3v) is 4.30. The number of carbonyl (C=O) groups excluding carboxylic acids is 2. The van der Waals surface area contributed by atoms with E-state index in [1.807, 2.05) is 13.8 Å². The molecule has 0 bridgehead atoms. The zero-order valence-electron chi connectivity index (χ0n) is 17.1. The first-order valence-corrected chi connectivity index (χ1v) is 9.83. The van der Waals surface area contributed by atoms with Crippen LogP contribution in [0.25, 0.3) is 0 Å². The molecule has 162 valence electrons. The third kappa shape index (κ3) is 7.18. The van der Waals surface area contributed by atoms with Crippen molar-refractivity contribution < 1.29 is 22.8 Å². The molecule has 0 atom stereocenters. The Morgan fingerprint density at radius 3 is 2.10 bits per heavy atom. The molecule has 0 aliphatic carbocycles. The van der Waals surface area contributed by atoms with Crippen LogP contribution in [0.3, 0.4) is 0 Å². The molecule has 2 aromatic carbocycles. The van der Waals surface area contributed by atoms with Gasteiger partial charge in [0.1, 0.15) is 0 Å². The summed E-state index contributed by atoms with van der Waals surface area (Å²) in [7, 11) is 0. The number of anilines is 2. The lowest BCUT2D eigenvalue weighted by Gasteiger charge is -2.20. The molecule has 0 spiro atoms. The highest BCUT2D eigenvalue weighted by Crippen LogP contribution is 2.30. The number of halogens is 3. The standard InChI is InChI=1S/C22H26F3N3O2/c1-3-11-28(12-4-2)15-20(29)26-18-9-5-7-16(13-18)21(30)27-19-10-6-8-17(14-19)22(23,24)25/h5-10,13-14H,3-4,11-12,15H2,1-2H3,(H,26,29)(H,27,30). The Labute approximate surface area is 174 Å². The summed E-state index contributed by atoms with van der Waals surface area (Å²) in [4.78, 5) is 26.8. The van der Waals surface area contributed by atoms with Crippen molar-refractivity contribution in [1.29, 1.82) is 0 Å². The number of benzene rings is 2. The van der Waals surface area contributed by atoms with Gasteiger partial charge in [0.25, 0.3) is 5.91 Å². The molecule has 0 aliphatic heterocycles. The maximum Gasteiger partial charge on any atom is 0.416 e. The van der Waals surface area contributed by atoms with Gasteiger partial charge < -0.3 is 10.6 Å². The van der Waals surface area contributed by atoms with Crippen LogP contribution in [0.2, 0.25) is 0 Å². The molecule has 0 fully saturated rings. The molecule has 0 heterocycles. The molecule has 0 saturated carbocycles. The highest BCUT2D eigenvalue weighted by molar-refractivity contribution is 6.05. The summed E-state index contributed by atoms with van der Waals surface area (Å²) in [6.07, 6.45) is -2.61. The molecule has 0 aliphatic rings. The molecule has 0 aromatic heterocycles. The second kappa shape index (κ2) is 10.8. The molecule has 2 rings (SSSR count). The van der Waals surface area contributed by atoms with Gasteiger partial charge in [-0.15, -0.1) is 0 Å². The topological polar surface area (TPSA) is 61.4 Å². The summed E-state index contributed by atoms with van der Waals surface area (Å²) >= 11 is 0. The van der Waals surface area contributed by atoms with Gasteiger partial charge in [-0.1, -0.05) is 26.0 Å². The van der Waals surface area contributed by atoms with Crippen molar-refractivity contribution in [3.63, 3.8) is 0 Å². The molecule has 30 heavy (non-hydrogen) atoms. The van der Waals surface area contributed by atoms with Crippen LogP contribution in [0, 0.1) is 0 Å². The van der Waals surface area contributed by atoms with Crippen molar-refractivity contribution in [1.82, 2.24) is 4.90 Å². The Morgan fingerprint density at radius 1 is 0.900 bits per heavy atom. The fourth-order valence-electron chi connectivity index (χ4n) is 3.02. The quantitative estimate of drug-likeness (QED) is 0.598. The highest BCUT2D eigenvalue weighted by atomic mass is 19.4. The van der Waals surface area contributed by atoms with E-state index in [9.17, 15) is 22.8 Å². The molecule has 0 radical (unpaired) electrons. The molecule has 8 heteroatoms. The Bertz CT molecular complexity index is 863. The number of hydrogen-bond donors (Lipinski definition) is 2. The zero-order chi connectivity index (χ0) is 22.1. The normalized spacial score (nSPS) is 11.4. The molecule has 5 nitrogen and oxygen atoms in total. The minimum Gasteiger partial charge on any atom is -0.325 e. The summed E-state index contributed by atoms with van der Waals surface area (Å²) in [5, 5.41) is 5.23. The number of carbonyl (C=O) groups is 2. The number of hydrogen-bond acceptors (Lipinski definition) is 3. The van der Waals surface area contributed by atoms with Crippen LogP contribution in [0.4, 0.5) is 24.5 Å². The first kappa shape index (κ1) is 23.4. The number of rotatable bonds is 9. The van der Waals surface area contributed by atoms with Gasteiger partial charge in [-0.2, -0.15) is 13.2 Å². The minimum absolute atomic E-state index is 0.0408. The van der Waals surface area contributed by atoms with Crippen molar-refractivity contribution in [2.24, 2.45) is 0 Å². The maximum absolute atomic E-state index is 12.8. The van der Waals surface area contributed by atoms with E-state index in [1.54, 1.807) is 12.1 Å². The van der Waals surface area contributed by atoms with Gasteiger partial charge in [0.05, 0.1) is 12.1 Å². The van der Waals surface area contributed by atoms with Gasteiger partial charge >= 0.3 is 6.18 Å². The van der Waals surface area contributed by atoms with Gasteiger partial charge in [-0.05, 0) is 62.3 Å². The van der Waals surface area contributed by atoms with E-state index in [0.717, 1.165) is 38.1 Å². The summed E-state index contributed by atoms with van der Waals surface area (Å²) < 4.78 is 38.5. The lowest BCUT2D eigenvalue weighted by atomic mass is 10.1. The van der Waals surface area contributed by atoms with Crippen molar-refractivity contribution in [3.05, 3.63) is 59.7 Å². The minimum atomic E-state index is -4.49. The lowest BCUT2D eigenvalue weighted by Crippen LogP contribution is -2.34. The van der Waals surface area contributed by atoms with Crippen molar-refractivity contribution >= 4 is 23.2 Å². The Hall–Kier alpha value is -2.87. The van der Waals surface area contributed by atoms with Gasteiger partial charge in [0.2, 0.25) is 5.91 Å².